The number of carbonyl (C=O) groups is 1. The van der Waals surface area contributed by atoms with Crippen molar-refractivity contribution in [3.63, 3.8) is 0 Å². The van der Waals surface area contributed by atoms with E-state index in [0.717, 1.165) is 13.0 Å². The molecular formula is C21H27F3N2O. The molecule has 2 heterocycles. The molecule has 0 spiro atoms. The average molecular weight is 380 g/mol. The van der Waals surface area contributed by atoms with Crippen LogP contribution in [-0.4, -0.2) is 48.1 Å². The summed E-state index contributed by atoms with van der Waals surface area (Å²) >= 11 is 0. The largest absolute Gasteiger partial charge is 0.401 e. The van der Waals surface area contributed by atoms with E-state index in [9.17, 15) is 18.0 Å². The predicted octanol–water partition coefficient (Wildman–Crippen LogP) is 4.26. The quantitative estimate of drug-likeness (QED) is 0.782. The molecule has 1 aromatic rings. The number of fused-ring (bicyclic) bond motifs is 2. The lowest BCUT2D eigenvalue weighted by atomic mass is 9.84. The molecule has 0 radical (unpaired) electrons. The van der Waals surface area contributed by atoms with Gasteiger partial charge in [-0.3, -0.25) is 9.69 Å². The van der Waals surface area contributed by atoms with Gasteiger partial charge in [-0.05, 0) is 62.6 Å². The first-order chi connectivity index (χ1) is 12.9. The smallest absolute Gasteiger partial charge is 0.335 e. The molecule has 2 bridgehead atoms. The van der Waals surface area contributed by atoms with Crippen LogP contribution in [0.15, 0.2) is 30.3 Å². The van der Waals surface area contributed by atoms with E-state index in [2.05, 4.69) is 17.0 Å². The van der Waals surface area contributed by atoms with Crippen molar-refractivity contribution in [2.75, 3.05) is 26.2 Å². The summed E-state index contributed by atoms with van der Waals surface area (Å²) < 4.78 is 37.8. The van der Waals surface area contributed by atoms with Crippen LogP contribution in [0.2, 0.25) is 0 Å². The lowest BCUT2D eigenvalue weighted by Gasteiger charge is -2.43. The zero-order valence-corrected chi connectivity index (χ0v) is 15.5. The fourth-order valence-electron chi connectivity index (χ4n) is 5.37. The maximum atomic E-state index is 13.3. The third kappa shape index (κ3) is 4.15. The molecule has 3 fully saturated rings. The fraction of sp³-hybridized carbons (Fsp3) is 0.667. The summed E-state index contributed by atoms with van der Waals surface area (Å²) in [6.07, 6.45) is 0.430. The molecule has 3 aliphatic rings. The molecule has 1 aliphatic carbocycles. The first kappa shape index (κ1) is 18.8. The van der Waals surface area contributed by atoms with Gasteiger partial charge in [0.25, 0.3) is 0 Å². The van der Waals surface area contributed by atoms with Gasteiger partial charge in [0, 0.05) is 12.5 Å². The van der Waals surface area contributed by atoms with Gasteiger partial charge in [0.1, 0.15) is 0 Å². The van der Waals surface area contributed by atoms with E-state index in [-0.39, 0.29) is 17.9 Å². The second-order valence-electron chi connectivity index (χ2n) is 8.45. The highest BCUT2D eigenvalue weighted by Crippen LogP contribution is 2.48. The topological polar surface area (TPSA) is 23.6 Å². The fourth-order valence-corrected chi connectivity index (χ4v) is 5.37. The van der Waals surface area contributed by atoms with Gasteiger partial charge < -0.3 is 4.90 Å². The van der Waals surface area contributed by atoms with Crippen molar-refractivity contribution in [1.82, 2.24) is 9.80 Å². The van der Waals surface area contributed by atoms with Crippen LogP contribution < -0.4 is 0 Å². The predicted molar refractivity (Wildman–Crippen MR) is 96.9 cm³/mol. The molecule has 2 aliphatic heterocycles. The summed E-state index contributed by atoms with van der Waals surface area (Å²) in [5, 5.41) is 0. The maximum absolute atomic E-state index is 13.3. The molecule has 0 N–H and O–H groups in total. The SMILES string of the molecule is O=C(C1CCN(CC(F)(F)F)CC1)N1CC2CCC(C2)C1c1ccccc1. The van der Waals surface area contributed by atoms with Crippen LogP contribution in [-0.2, 0) is 4.79 Å². The van der Waals surface area contributed by atoms with Crippen LogP contribution in [0.4, 0.5) is 13.2 Å². The van der Waals surface area contributed by atoms with Crippen LogP contribution in [0.25, 0.3) is 0 Å². The van der Waals surface area contributed by atoms with Gasteiger partial charge in [-0.15, -0.1) is 0 Å². The Morgan fingerprint density at radius 2 is 1.74 bits per heavy atom. The van der Waals surface area contributed by atoms with E-state index < -0.39 is 12.7 Å². The number of amides is 1. The monoisotopic (exact) mass is 380 g/mol. The van der Waals surface area contributed by atoms with E-state index >= 15 is 0 Å². The Morgan fingerprint density at radius 1 is 1.04 bits per heavy atom. The zero-order chi connectivity index (χ0) is 19.0. The second kappa shape index (κ2) is 7.46. The van der Waals surface area contributed by atoms with Crippen molar-refractivity contribution in [3.8, 4) is 0 Å². The molecule has 3 unspecified atom stereocenters. The van der Waals surface area contributed by atoms with Crippen molar-refractivity contribution >= 4 is 5.91 Å². The minimum atomic E-state index is -4.17. The first-order valence-corrected chi connectivity index (χ1v) is 10.1. The van der Waals surface area contributed by atoms with Crippen LogP contribution >= 0.6 is 0 Å². The van der Waals surface area contributed by atoms with Crippen LogP contribution in [0, 0.1) is 17.8 Å². The number of benzene rings is 1. The molecule has 1 saturated carbocycles. The van der Waals surface area contributed by atoms with E-state index in [0.29, 0.717) is 37.8 Å². The highest BCUT2D eigenvalue weighted by Gasteiger charge is 2.45. The Balaban J connectivity index is 1.46. The van der Waals surface area contributed by atoms with Crippen molar-refractivity contribution in [1.29, 1.82) is 0 Å². The number of halogens is 3. The van der Waals surface area contributed by atoms with Crippen molar-refractivity contribution in [2.24, 2.45) is 17.8 Å². The minimum Gasteiger partial charge on any atom is -0.335 e. The summed E-state index contributed by atoms with van der Waals surface area (Å²) in [7, 11) is 0. The van der Waals surface area contributed by atoms with Gasteiger partial charge in [0.2, 0.25) is 5.91 Å². The molecule has 1 aromatic carbocycles. The van der Waals surface area contributed by atoms with Crippen molar-refractivity contribution in [2.45, 2.75) is 44.3 Å². The van der Waals surface area contributed by atoms with E-state index in [4.69, 9.17) is 0 Å². The molecule has 6 heteroatoms. The summed E-state index contributed by atoms with van der Waals surface area (Å²) in [4.78, 5) is 16.8. The van der Waals surface area contributed by atoms with Gasteiger partial charge in [0.15, 0.2) is 0 Å². The molecule has 0 aromatic heterocycles. The molecule has 4 rings (SSSR count). The number of nitrogens with zero attached hydrogens (tertiary/aromatic N) is 2. The Hall–Kier alpha value is -1.56. The van der Waals surface area contributed by atoms with Gasteiger partial charge >= 0.3 is 6.18 Å². The van der Waals surface area contributed by atoms with Gasteiger partial charge in [-0.1, -0.05) is 30.3 Å². The number of alkyl halides is 3. The normalized spacial score (nSPS) is 29.9. The number of rotatable bonds is 3. The minimum absolute atomic E-state index is 0.130. The van der Waals surface area contributed by atoms with Crippen molar-refractivity contribution < 1.29 is 18.0 Å². The van der Waals surface area contributed by atoms with E-state index in [1.165, 1.54) is 23.3 Å². The van der Waals surface area contributed by atoms with Crippen LogP contribution in [0.1, 0.15) is 43.7 Å². The average Bonchev–Trinajstić information content (AvgIpc) is 3.02. The Morgan fingerprint density at radius 3 is 2.41 bits per heavy atom. The Kier molecular flexibility index (Phi) is 5.19. The molecule has 2 saturated heterocycles. The number of carbonyl (C=O) groups excluding carboxylic acids is 1. The summed E-state index contributed by atoms with van der Waals surface area (Å²) in [5.41, 5.74) is 1.20. The summed E-state index contributed by atoms with van der Waals surface area (Å²) in [5.74, 6) is 1.12. The Labute approximate surface area is 158 Å². The van der Waals surface area contributed by atoms with E-state index in [1.54, 1.807) is 0 Å². The molecule has 3 nitrogen and oxygen atoms in total. The second-order valence-corrected chi connectivity index (χ2v) is 8.45. The highest BCUT2D eigenvalue weighted by atomic mass is 19.4. The lowest BCUT2D eigenvalue weighted by Crippen LogP contribution is -2.49. The molecule has 1 amide bonds. The standard InChI is InChI=1S/C21H27F3N2O/c22-21(23,24)14-25-10-8-17(9-11-25)20(27)26-13-15-6-7-18(12-15)19(26)16-4-2-1-3-5-16/h1-5,15,17-19H,6-14H2. The van der Waals surface area contributed by atoms with Crippen LogP contribution in [0.5, 0.6) is 0 Å². The molecular weight excluding hydrogens is 353 g/mol. The third-order valence-corrected chi connectivity index (χ3v) is 6.58. The van der Waals surface area contributed by atoms with E-state index in [1.807, 2.05) is 18.2 Å². The summed E-state index contributed by atoms with van der Waals surface area (Å²) in [6.45, 7) is 0.644. The molecule has 27 heavy (non-hydrogen) atoms. The van der Waals surface area contributed by atoms with Gasteiger partial charge in [-0.25, -0.2) is 0 Å². The highest BCUT2D eigenvalue weighted by molar-refractivity contribution is 5.79. The van der Waals surface area contributed by atoms with Crippen molar-refractivity contribution in [3.05, 3.63) is 35.9 Å². The Bertz CT molecular complexity index is 655. The number of hydrogen-bond acceptors (Lipinski definition) is 2. The number of likely N-dealkylation sites (tertiary alicyclic amines) is 2. The van der Waals surface area contributed by atoms with Crippen LogP contribution in [0.3, 0.4) is 0 Å². The third-order valence-electron chi connectivity index (χ3n) is 6.58. The maximum Gasteiger partial charge on any atom is 0.401 e. The zero-order valence-electron chi connectivity index (χ0n) is 15.5. The first-order valence-electron chi connectivity index (χ1n) is 10.1. The molecule has 3 atom stereocenters. The number of piperidine rings is 2. The summed E-state index contributed by atoms with van der Waals surface area (Å²) in [6, 6.07) is 10.4. The lowest BCUT2D eigenvalue weighted by molar-refractivity contribution is -0.152. The van der Waals surface area contributed by atoms with Gasteiger partial charge in [-0.2, -0.15) is 13.2 Å². The van der Waals surface area contributed by atoms with Gasteiger partial charge in [0.05, 0.1) is 12.6 Å². The molecule has 148 valence electrons. The number of hydrogen-bond donors (Lipinski definition) is 0.